The maximum Gasteiger partial charge on any atom is 0.284 e. The van der Waals surface area contributed by atoms with Crippen molar-refractivity contribution in [2.75, 3.05) is 0 Å². The highest BCUT2D eigenvalue weighted by Crippen LogP contribution is 2.13. The Kier molecular flexibility index (Phi) is 1.41. The monoisotopic (exact) mass is 145 g/mol. The Morgan fingerprint density at radius 3 is 3.00 bits per heavy atom. The van der Waals surface area contributed by atoms with Gasteiger partial charge in [-0.2, -0.15) is 0 Å². The minimum absolute atomic E-state index is 0.644. The SMILES string of the molecule is [c]1ncc(-c2ccccn2)o1. The number of hydrogen-bond donors (Lipinski definition) is 0. The Balaban J connectivity index is 2.46. The van der Waals surface area contributed by atoms with Crippen LogP contribution in [0, 0.1) is 6.39 Å². The standard InChI is InChI=1S/C8H5N2O/c1-2-4-10-7(3-1)8-5-9-6-11-8/h1-5H. The fourth-order valence-electron chi connectivity index (χ4n) is 0.814. The molecule has 2 rings (SSSR count). The van der Waals surface area contributed by atoms with Gasteiger partial charge in [-0.05, 0) is 12.1 Å². The van der Waals surface area contributed by atoms with Crippen LogP contribution in [-0.2, 0) is 0 Å². The fraction of sp³-hybridized carbons (Fsp3) is 0. The van der Waals surface area contributed by atoms with E-state index in [2.05, 4.69) is 16.4 Å². The van der Waals surface area contributed by atoms with E-state index < -0.39 is 0 Å². The van der Waals surface area contributed by atoms with Gasteiger partial charge in [0.05, 0.1) is 6.20 Å². The van der Waals surface area contributed by atoms with Crippen molar-refractivity contribution in [1.29, 1.82) is 0 Å². The van der Waals surface area contributed by atoms with Crippen LogP contribution in [0.1, 0.15) is 0 Å². The maximum absolute atomic E-state index is 4.92. The summed E-state index contributed by atoms with van der Waals surface area (Å²) in [5.74, 6) is 0.644. The van der Waals surface area contributed by atoms with E-state index in [1.807, 2.05) is 18.2 Å². The molecule has 2 aromatic heterocycles. The summed E-state index contributed by atoms with van der Waals surface area (Å²) < 4.78 is 4.92. The molecule has 2 aromatic rings. The van der Waals surface area contributed by atoms with Crippen LogP contribution < -0.4 is 0 Å². The van der Waals surface area contributed by atoms with Crippen molar-refractivity contribution in [1.82, 2.24) is 9.97 Å². The van der Waals surface area contributed by atoms with E-state index in [0.717, 1.165) is 5.69 Å². The predicted molar refractivity (Wildman–Crippen MR) is 38.6 cm³/mol. The molecule has 0 aromatic carbocycles. The van der Waals surface area contributed by atoms with E-state index in [-0.39, 0.29) is 0 Å². The maximum atomic E-state index is 4.92. The Morgan fingerprint density at radius 1 is 1.36 bits per heavy atom. The molecule has 0 amide bonds. The Hall–Kier alpha value is -1.64. The molecule has 1 radical (unpaired) electrons. The summed E-state index contributed by atoms with van der Waals surface area (Å²) in [6, 6.07) is 5.60. The van der Waals surface area contributed by atoms with Gasteiger partial charge in [-0.25, -0.2) is 4.98 Å². The van der Waals surface area contributed by atoms with Crippen molar-refractivity contribution in [3.8, 4) is 11.5 Å². The number of oxazole rings is 1. The summed E-state index contributed by atoms with van der Waals surface area (Å²) in [6.07, 6.45) is 5.66. The van der Waals surface area contributed by atoms with Crippen molar-refractivity contribution < 1.29 is 4.42 Å². The topological polar surface area (TPSA) is 38.9 Å². The summed E-state index contributed by atoms with van der Waals surface area (Å²) in [4.78, 5) is 7.73. The molecule has 53 valence electrons. The van der Waals surface area contributed by atoms with Crippen LogP contribution in [0.3, 0.4) is 0 Å². The highest BCUT2D eigenvalue weighted by molar-refractivity contribution is 5.49. The molecule has 0 aliphatic carbocycles. The molecule has 0 bridgehead atoms. The third-order valence-electron chi connectivity index (χ3n) is 1.31. The number of hydrogen-bond acceptors (Lipinski definition) is 3. The van der Waals surface area contributed by atoms with Crippen LogP contribution in [0.2, 0.25) is 0 Å². The summed E-state index contributed by atoms with van der Waals surface area (Å²) in [5, 5.41) is 0. The van der Waals surface area contributed by atoms with Crippen molar-refractivity contribution >= 4 is 0 Å². The third-order valence-corrected chi connectivity index (χ3v) is 1.31. The fourth-order valence-corrected chi connectivity index (χ4v) is 0.814. The normalized spacial score (nSPS) is 9.82. The first-order chi connectivity index (χ1) is 5.47. The lowest BCUT2D eigenvalue weighted by Crippen LogP contribution is -1.76. The lowest BCUT2D eigenvalue weighted by Gasteiger charge is -1.90. The summed E-state index contributed by atoms with van der Waals surface area (Å²) >= 11 is 0. The molecular formula is C8H5N2O. The molecule has 0 saturated carbocycles. The van der Waals surface area contributed by atoms with Gasteiger partial charge in [0.25, 0.3) is 6.39 Å². The lowest BCUT2D eigenvalue weighted by molar-refractivity contribution is 0.559. The molecule has 0 N–H and O–H groups in total. The molecule has 3 nitrogen and oxygen atoms in total. The van der Waals surface area contributed by atoms with E-state index >= 15 is 0 Å². The number of rotatable bonds is 1. The van der Waals surface area contributed by atoms with Crippen LogP contribution in [0.4, 0.5) is 0 Å². The van der Waals surface area contributed by atoms with Gasteiger partial charge in [0.2, 0.25) is 0 Å². The highest BCUT2D eigenvalue weighted by atomic mass is 16.3. The van der Waals surface area contributed by atoms with Gasteiger partial charge in [0.1, 0.15) is 5.69 Å². The molecule has 0 fully saturated rings. The zero-order valence-corrected chi connectivity index (χ0v) is 5.69. The lowest BCUT2D eigenvalue weighted by atomic mass is 10.3. The number of nitrogens with zero attached hydrogens (tertiary/aromatic N) is 2. The van der Waals surface area contributed by atoms with Crippen LogP contribution in [0.15, 0.2) is 35.0 Å². The first-order valence-corrected chi connectivity index (χ1v) is 3.20. The van der Waals surface area contributed by atoms with Crippen LogP contribution in [-0.4, -0.2) is 9.97 Å². The molecule has 0 aliphatic heterocycles. The van der Waals surface area contributed by atoms with E-state index in [1.165, 1.54) is 0 Å². The summed E-state index contributed by atoms with van der Waals surface area (Å²) in [6.45, 7) is 0. The predicted octanol–water partition coefficient (Wildman–Crippen LogP) is 1.54. The molecule has 2 heterocycles. The molecule has 0 spiro atoms. The largest absolute Gasteiger partial charge is 0.431 e. The molecule has 11 heavy (non-hydrogen) atoms. The van der Waals surface area contributed by atoms with Crippen molar-refractivity contribution in [3.05, 3.63) is 37.0 Å². The summed E-state index contributed by atoms with van der Waals surface area (Å²) in [5.41, 5.74) is 0.779. The zero-order chi connectivity index (χ0) is 7.52. The van der Waals surface area contributed by atoms with E-state index in [1.54, 1.807) is 12.4 Å². The second kappa shape index (κ2) is 2.54. The van der Waals surface area contributed by atoms with Crippen LogP contribution in [0.5, 0.6) is 0 Å². The Labute approximate surface area is 63.7 Å². The third kappa shape index (κ3) is 1.12. The van der Waals surface area contributed by atoms with E-state index in [4.69, 9.17) is 4.42 Å². The van der Waals surface area contributed by atoms with Gasteiger partial charge in [0, 0.05) is 6.20 Å². The first-order valence-electron chi connectivity index (χ1n) is 3.20. The number of aromatic nitrogens is 2. The highest BCUT2D eigenvalue weighted by Gasteiger charge is 1.99. The Bertz CT molecular complexity index is 315. The van der Waals surface area contributed by atoms with E-state index in [0.29, 0.717) is 5.76 Å². The minimum atomic E-state index is 0.644. The average Bonchev–Trinajstić information content (AvgIpc) is 2.58. The molecule has 0 unspecified atom stereocenters. The van der Waals surface area contributed by atoms with Gasteiger partial charge < -0.3 is 4.42 Å². The second-order valence-corrected chi connectivity index (χ2v) is 2.03. The van der Waals surface area contributed by atoms with Gasteiger partial charge in [-0.15, -0.1) is 0 Å². The van der Waals surface area contributed by atoms with Gasteiger partial charge in [-0.3, -0.25) is 4.98 Å². The zero-order valence-electron chi connectivity index (χ0n) is 5.69. The molecular weight excluding hydrogens is 140 g/mol. The van der Waals surface area contributed by atoms with E-state index in [9.17, 15) is 0 Å². The van der Waals surface area contributed by atoms with Gasteiger partial charge >= 0.3 is 0 Å². The van der Waals surface area contributed by atoms with Crippen LogP contribution >= 0.6 is 0 Å². The molecule has 0 atom stereocenters. The Morgan fingerprint density at radius 2 is 2.36 bits per heavy atom. The van der Waals surface area contributed by atoms with Crippen molar-refractivity contribution in [3.63, 3.8) is 0 Å². The quantitative estimate of drug-likeness (QED) is 0.610. The molecule has 0 aliphatic rings. The molecule has 3 heteroatoms. The average molecular weight is 145 g/mol. The second-order valence-electron chi connectivity index (χ2n) is 2.03. The number of pyridine rings is 1. The van der Waals surface area contributed by atoms with Gasteiger partial charge in [0.15, 0.2) is 5.76 Å². The van der Waals surface area contributed by atoms with Crippen LogP contribution in [0.25, 0.3) is 11.5 Å². The smallest absolute Gasteiger partial charge is 0.284 e. The van der Waals surface area contributed by atoms with Crippen molar-refractivity contribution in [2.45, 2.75) is 0 Å². The summed E-state index contributed by atoms with van der Waals surface area (Å²) in [7, 11) is 0. The first kappa shape index (κ1) is 6.09. The molecule has 0 saturated heterocycles. The van der Waals surface area contributed by atoms with Gasteiger partial charge in [-0.1, -0.05) is 6.07 Å². The minimum Gasteiger partial charge on any atom is -0.431 e. The van der Waals surface area contributed by atoms with Crippen molar-refractivity contribution in [2.24, 2.45) is 0 Å².